The fourth-order valence-electron chi connectivity index (χ4n) is 2.18. The quantitative estimate of drug-likeness (QED) is 0.752. The van der Waals surface area contributed by atoms with Gasteiger partial charge in [0.1, 0.15) is 11.5 Å². The number of ketones is 1. The third-order valence-electron chi connectivity index (χ3n) is 3.26. The summed E-state index contributed by atoms with van der Waals surface area (Å²) in [6, 6.07) is 6.31. The SMILES string of the molecule is CCCCC(=O)CCc1ccc2c(c1)CCO2. The minimum absolute atomic E-state index is 0.392. The summed E-state index contributed by atoms with van der Waals surface area (Å²) in [7, 11) is 0. The molecule has 0 saturated carbocycles. The Labute approximate surface area is 103 Å². The molecule has 92 valence electrons. The monoisotopic (exact) mass is 232 g/mol. The van der Waals surface area contributed by atoms with Crippen molar-refractivity contribution in [3.05, 3.63) is 29.3 Å². The maximum atomic E-state index is 11.6. The van der Waals surface area contributed by atoms with Crippen molar-refractivity contribution in [1.29, 1.82) is 0 Å². The number of aryl methyl sites for hydroxylation is 1. The summed E-state index contributed by atoms with van der Waals surface area (Å²) < 4.78 is 5.47. The smallest absolute Gasteiger partial charge is 0.133 e. The van der Waals surface area contributed by atoms with Gasteiger partial charge in [0, 0.05) is 19.3 Å². The molecular formula is C15H20O2. The summed E-state index contributed by atoms with van der Waals surface area (Å²) in [5.41, 5.74) is 2.56. The molecule has 17 heavy (non-hydrogen) atoms. The molecule has 0 saturated heterocycles. The maximum absolute atomic E-state index is 11.6. The number of carbonyl (C=O) groups is 1. The van der Waals surface area contributed by atoms with E-state index in [1.165, 1.54) is 11.1 Å². The lowest BCUT2D eigenvalue weighted by Crippen LogP contribution is -2.00. The van der Waals surface area contributed by atoms with Crippen molar-refractivity contribution in [2.75, 3.05) is 6.61 Å². The van der Waals surface area contributed by atoms with E-state index in [0.29, 0.717) is 12.2 Å². The topological polar surface area (TPSA) is 26.3 Å². The van der Waals surface area contributed by atoms with E-state index < -0.39 is 0 Å². The molecule has 0 atom stereocenters. The highest BCUT2D eigenvalue weighted by atomic mass is 16.5. The van der Waals surface area contributed by atoms with Crippen molar-refractivity contribution in [2.24, 2.45) is 0 Å². The van der Waals surface area contributed by atoms with E-state index in [0.717, 1.165) is 44.5 Å². The molecule has 2 nitrogen and oxygen atoms in total. The Morgan fingerprint density at radius 1 is 1.35 bits per heavy atom. The third-order valence-corrected chi connectivity index (χ3v) is 3.26. The van der Waals surface area contributed by atoms with Gasteiger partial charge in [-0.1, -0.05) is 25.5 Å². The number of Topliss-reactive ketones (excluding diaryl/α,β-unsaturated/α-hetero) is 1. The average molecular weight is 232 g/mol. The van der Waals surface area contributed by atoms with Crippen LogP contribution < -0.4 is 4.74 Å². The summed E-state index contributed by atoms with van der Waals surface area (Å²) in [6.07, 6.45) is 5.42. The van der Waals surface area contributed by atoms with Crippen LogP contribution in [0.4, 0.5) is 0 Å². The van der Waals surface area contributed by atoms with E-state index in [2.05, 4.69) is 19.1 Å². The van der Waals surface area contributed by atoms with Gasteiger partial charge in [-0.3, -0.25) is 4.79 Å². The predicted molar refractivity (Wildman–Crippen MR) is 68.5 cm³/mol. The van der Waals surface area contributed by atoms with Crippen LogP contribution in [0.25, 0.3) is 0 Å². The molecule has 1 aromatic rings. The van der Waals surface area contributed by atoms with Crippen LogP contribution in [0.5, 0.6) is 5.75 Å². The van der Waals surface area contributed by atoms with Crippen molar-refractivity contribution in [2.45, 2.75) is 45.4 Å². The molecule has 0 fully saturated rings. The Morgan fingerprint density at radius 2 is 2.24 bits per heavy atom. The predicted octanol–water partition coefficient (Wildman–Crippen LogP) is 3.31. The van der Waals surface area contributed by atoms with Crippen LogP contribution in [0.3, 0.4) is 0 Å². The fourth-order valence-corrected chi connectivity index (χ4v) is 2.18. The summed E-state index contributed by atoms with van der Waals surface area (Å²) in [5.74, 6) is 1.41. The highest BCUT2D eigenvalue weighted by Gasteiger charge is 2.12. The lowest BCUT2D eigenvalue weighted by Gasteiger charge is -2.04. The summed E-state index contributed by atoms with van der Waals surface area (Å²) in [5, 5.41) is 0. The van der Waals surface area contributed by atoms with Gasteiger partial charge in [-0.15, -0.1) is 0 Å². The van der Waals surface area contributed by atoms with Crippen molar-refractivity contribution < 1.29 is 9.53 Å². The highest BCUT2D eigenvalue weighted by Crippen LogP contribution is 2.26. The maximum Gasteiger partial charge on any atom is 0.133 e. The lowest BCUT2D eigenvalue weighted by atomic mass is 10.0. The first-order valence-corrected chi connectivity index (χ1v) is 6.56. The van der Waals surface area contributed by atoms with Crippen LogP contribution >= 0.6 is 0 Å². The standard InChI is InChI=1S/C15H20O2/c1-2-3-4-14(16)7-5-12-6-8-15-13(11-12)9-10-17-15/h6,8,11H,2-5,7,9-10H2,1H3. The normalized spacial score (nSPS) is 13.2. The first-order chi connectivity index (χ1) is 8.29. The van der Waals surface area contributed by atoms with E-state index in [9.17, 15) is 4.79 Å². The Hall–Kier alpha value is -1.31. The zero-order valence-electron chi connectivity index (χ0n) is 10.5. The number of unbranched alkanes of at least 4 members (excludes halogenated alkanes) is 1. The van der Waals surface area contributed by atoms with E-state index in [1.54, 1.807) is 0 Å². The first kappa shape index (κ1) is 12.2. The van der Waals surface area contributed by atoms with Gasteiger partial charge >= 0.3 is 0 Å². The number of rotatable bonds is 6. The Morgan fingerprint density at radius 3 is 3.06 bits per heavy atom. The molecule has 0 amide bonds. The lowest BCUT2D eigenvalue weighted by molar-refractivity contribution is -0.119. The summed E-state index contributed by atoms with van der Waals surface area (Å²) in [4.78, 5) is 11.6. The molecule has 1 aromatic carbocycles. The Bertz CT molecular complexity index is 396. The Balaban J connectivity index is 1.85. The van der Waals surface area contributed by atoms with E-state index >= 15 is 0 Å². The molecule has 0 aromatic heterocycles. The van der Waals surface area contributed by atoms with E-state index in [-0.39, 0.29) is 0 Å². The molecule has 0 aliphatic carbocycles. The number of fused-ring (bicyclic) bond motifs is 1. The Kier molecular flexibility index (Phi) is 4.18. The minimum atomic E-state index is 0.392. The molecule has 0 unspecified atom stereocenters. The van der Waals surface area contributed by atoms with Gasteiger partial charge in [0.05, 0.1) is 6.61 Å². The van der Waals surface area contributed by atoms with Crippen molar-refractivity contribution >= 4 is 5.78 Å². The van der Waals surface area contributed by atoms with Crippen LogP contribution in [-0.2, 0) is 17.6 Å². The molecule has 1 aliphatic rings. The number of ether oxygens (including phenoxy) is 1. The van der Waals surface area contributed by atoms with Gasteiger partial charge in [-0.05, 0) is 30.0 Å². The number of hydrogen-bond acceptors (Lipinski definition) is 2. The molecule has 0 N–H and O–H groups in total. The molecule has 0 bridgehead atoms. The van der Waals surface area contributed by atoms with Crippen molar-refractivity contribution in [3.8, 4) is 5.75 Å². The van der Waals surface area contributed by atoms with Gasteiger partial charge in [0.2, 0.25) is 0 Å². The largest absolute Gasteiger partial charge is 0.493 e. The zero-order chi connectivity index (χ0) is 12.1. The second-order valence-electron chi connectivity index (χ2n) is 4.68. The van der Waals surface area contributed by atoms with E-state index in [4.69, 9.17) is 4.74 Å². The first-order valence-electron chi connectivity index (χ1n) is 6.56. The molecule has 0 radical (unpaired) electrons. The number of hydrogen-bond donors (Lipinski definition) is 0. The zero-order valence-corrected chi connectivity index (χ0v) is 10.5. The average Bonchev–Trinajstić information content (AvgIpc) is 2.81. The van der Waals surface area contributed by atoms with Crippen LogP contribution in [0, 0.1) is 0 Å². The van der Waals surface area contributed by atoms with Gasteiger partial charge in [0.15, 0.2) is 0 Å². The molecular weight excluding hydrogens is 212 g/mol. The molecule has 1 aliphatic heterocycles. The van der Waals surface area contributed by atoms with Crippen LogP contribution in [0.2, 0.25) is 0 Å². The molecule has 0 spiro atoms. The van der Waals surface area contributed by atoms with Gasteiger partial charge in [-0.2, -0.15) is 0 Å². The second-order valence-corrected chi connectivity index (χ2v) is 4.68. The summed E-state index contributed by atoms with van der Waals surface area (Å²) >= 11 is 0. The molecule has 2 rings (SSSR count). The van der Waals surface area contributed by atoms with Gasteiger partial charge < -0.3 is 4.74 Å². The molecule has 1 heterocycles. The van der Waals surface area contributed by atoms with Crippen LogP contribution in [-0.4, -0.2) is 12.4 Å². The number of carbonyl (C=O) groups excluding carboxylic acids is 1. The highest BCUT2D eigenvalue weighted by molar-refractivity contribution is 5.78. The van der Waals surface area contributed by atoms with Crippen molar-refractivity contribution in [3.63, 3.8) is 0 Å². The van der Waals surface area contributed by atoms with Gasteiger partial charge in [0.25, 0.3) is 0 Å². The molecule has 2 heteroatoms. The number of benzene rings is 1. The second kappa shape index (κ2) is 5.85. The van der Waals surface area contributed by atoms with Crippen LogP contribution in [0.15, 0.2) is 18.2 Å². The summed E-state index contributed by atoms with van der Waals surface area (Å²) in [6.45, 7) is 2.92. The van der Waals surface area contributed by atoms with Crippen LogP contribution in [0.1, 0.15) is 43.7 Å². The van der Waals surface area contributed by atoms with E-state index in [1.807, 2.05) is 6.07 Å². The third kappa shape index (κ3) is 3.32. The fraction of sp³-hybridized carbons (Fsp3) is 0.533. The van der Waals surface area contributed by atoms with Gasteiger partial charge in [-0.25, -0.2) is 0 Å². The van der Waals surface area contributed by atoms with Crippen molar-refractivity contribution in [1.82, 2.24) is 0 Å². The minimum Gasteiger partial charge on any atom is -0.493 e.